The molecule has 0 spiro atoms. The number of Topliss-reactive ketones (excluding diaryl/α,β-unsaturated/α-hetero) is 1. The molecule has 0 heterocycles. The van der Waals surface area contributed by atoms with Crippen molar-refractivity contribution in [1.29, 1.82) is 5.26 Å². The molecule has 17 heavy (non-hydrogen) atoms. The van der Waals surface area contributed by atoms with Crippen molar-refractivity contribution >= 4 is 5.78 Å². The van der Waals surface area contributed by atoms with Gasteiger partial charge < -0.3 is 0 Å². The van der Waals surface area contributed by atoms with Crippen molar-refractivity contribution in [3.63, 3.8) is 0 Å². The number of rotatable bonds is 3. The predicted molar refractivity (Wildman–Crippen MR) is 65.0 cm³/mol. The third kappa shape index (κ3) is 1.90. The molecule has 2 nitrogen and oxygen atoms in total. The SMILES string of the molecule is CC(C#N)C(=O)CC12CC3CC(CC(C3)C1)C2. The van der Waals surface area contributed by atoms with Crippen LogP contribution in [0.5, 0.6) is 0 Å². The highest BCUT2D eigenvalue weighted by molar-refractivity contribution is 5.83. The molecule has 1 unspecified atom stereocenters. The molecule has 4 saturated carbocycles. The third-order valence-corrected chi connectivity index (χ3v) is 5.39. The Morgan fingerprint density at radius 1 is 1.24 bits per heavy atom. The molecule has 0 aromatic heterocycles. The average Bonchev–Trinajstić information content (AvgIpc) is 2.25. The Balaban J connectivity index is 1.74. The average molecular weight is 231 g/mol. The highest BCUT2D eigenvalue weighted by Gasteiger charge is 2.51. The molecule has 92 valence electrons. The summed E-state index contributed by atoms with van der Waals surface area (Å²) in [6, 6.07) is 2.10. The maximum atomic E-state index is 12.0. The van der Waals surface area contributed by atoms with Crippen LogP contribution in [0.25, 0.3) is 0 Å². The second-order valence-corrected chi connectivity index (χ2v) is 6.91. The third-order valence-electron chi connectivity index (χ3n) is 5.39. The first-order valence-electron chi connectivity index (χ1n) is 7.02. The van der Waals surface area contributed by atoms with Gasteiger partial charge in [-0.15, -0.1) is 0 Å². The van der Waals surface area contributed by atoms with Gasteiger partial charge >= 0.3 is 0 Å². The smallest absolute Gasteiger partial charge is 0.150 e. The summed E-state index contributed by atoms with van der Waals surface area (Å²) in [5, 5.41) is 8.85. The van der Waals surface area contributed by atoms with Gasteiger partial charge in [0.05, 0.1) is 6.07 Å². The van der Waals surface area contributed by atoms with Gasteiger partial charge in [-0.2, -0.15) is 5.26 Å². The van der Waals surface area contributed by atoms with Crippen LogP contribution in [0.3, 0.4) is 0 Å². The van der Waals surface area contributed by atoms with E-state index in [0.29, 0.717) is 11.8 Å². The summed E-state index contributed by atoms with van der Waals surface area (Å²) < 4.78 is 0. The lowest BCUT2D eigenvalue weighted by molar-refractivity contribution is -0.129. The number of nitrogens with zero attached hydrogens (tertiary/aromatic N) is 1. The minimum atomic E-state index is -0.400. The minimum absolute atomic E-state index is 0.189. The van der Waals surface area contributed by atoms with E-state index in [0.717, 1.165) is 17.8 Å². The van der Waals surface area contributed by atoms with Gasteiger partial charge in [0.2, 0.25) is 0 Å². The van der Waals surface area contributed by atoms with Crippen LogP contribution in [0.4, 0.5) is 0 Å². The van der Waals surface area contributed by atoms with Crippen LogP contribution in [0.1, 0.15) is 51.9 Å². The zero-order valence-corrected chi connectivity index (χ0v) is 10.6. The number of nitriles is 1. The molecule has 4 fully saturated rings. The molecular formula is C15H21NO. The molecular weight excluding hydrogens is 210 g/mol. The van der Waals surface area contributed by atoms with Crippen molar-refractivity contribution in [3.05, 3.63) is 0 Å². The summed E-state index contributed by atoms with van der Waals surface area (Å²) in [5.41, 5.74) is 0.303. The molecule has 0 radical (unpaired) electrons. The summed E-state index contributed by atoms with van der Waals surface area (Å²) in [5.74, 6) is 2.47. The second-order valence-electron chi connectivity index (χ2n) is 6.91. The summed E-state index contributed by atoms with van der Waals surface area (Å²) in [4.78, 5) is 12.0. The van der Waals surface area contributed by atoms with E-state index in [1.807, 2.05) is 0 Å². The largest absolute Gasteiger partial charge is 0.298 e. The number of carbonyl (C=O) groups is 1. The Bertz CT molecular complexity index is 344. The maximum Gasteiger partial charge on any atom is 0.150 e. The first-order chi connectivity index (χ1) is 8.10. The van der Waals surface area contributed by atoms with E-state index in [-0.39, 0.29) is 5.78 Å². The second kappa shape index (κ2) is 3.83. The van der Waals surface area contributed by atoms with Crippen LogP contribution in [-0.4, -0.2) is 5.78 Å². The Hall–Kier alpha value is -0.840. The molecule has 0 aromatic carbocycles. The van der Waals surface area contributed by atoms with Gasteiger partial charge in [-0.05, 0) is 68.6 Å². The minimum Gasteiger partial charge on any atom is -0.298 e. The fourth-order valence-electron chi connectivity index (χ4n) is 5.10. The molecule has 4 rings (SSSR count). The Kier molecular flexibility index (Phi) is 2.54. The fraction of sp³-hybridized carbons (Fsp3) is 0.867. The van der Waals surface area contributed by atoms with Crippen LogP contribution in [0.15, 0.2) is 0 Å². The highest BCUT2D eigenvalue weighted by atomic mass is 16.1. The van der Waals surface area contributed by atoms with Crippen LogP contribution >= 0.6 is 0 Å². The number of hydrogen-bond acceptors (Lipinski definition) is 2. The molecule has 1 atom stereocenters. The first-order valence-corrected chi connectivity index (χ1v) is 7.02. The Morgan fingerprint density at radius 2 is 1.71 bits per heavy atom. The van der Waals surface area contributed by atoms with E-state index in [2.05, 4.69) is 6.07 Å². The molecule has 4 aliphatic carbocycles. The maximum absolute atomic E-state index is 12.0. The molecule has 0 N–H and O–H groups in total. The molecule has 0 amide bonds. The zero-order valence-electron chi connectivity index (χ0n) is 10.6. The van der Waals surface area contributed by atoms with E-state index >= 15 is 0 Å². The van der Waals surface area contributed by atoms with E-state index in [1.165, 1.54) is 38.5 Å². The van der Waals surface area contributed by atoms with Crippen LogP contribution < -0.4 is 0 Å². The van der Waals surface area contributed by atoms with Crippen molar-refractivity contribution in [2.24, 2.45) is 29.1 Å². The van der Waals surface area contributed by atoms with Crippen LogP contribution in [0, 0.1) is 40.4 Å². The van der Waals surface area contributed by atoms with Gasteiger partial charge in [-0.1, -0.05) is 0 Å². The lowest BCUT2D eigenvalue weighted by Gasteiger charge is -2.56. The van der Waals surface area contributed by atoms with Gasteiger partial charge in [-0.25, -0.2) is 0 Å². The molecule has 0 aliphatic heterocycles. The first kappa shape index (κ1) is 11.3. The zero-order chi connectivity index (χ0) is 12.0. The summed E-state index contributed by atoms with van der Waals surface area (Å²) >= 11 is 0. The number of ketones is 1. The van der Waals surface area contributed by atoms with Gasteiger partial charge in [0, 0.05) is 6.42 Å². The van der Waals surface area contributed by atoms with Crippen LogP contribution in [0.2, 0.25) is 0 Å². The van der Waals surface area contributed by atoms with E-state index in [4.69, 9.17) is 5.26 Å². The normalized spacial score (nSPS) is 44.4. The van der Waals surface area contributed by atoms with Gasteiger partial charge in [0.1, 0.15) is 11.7 Å². The highest BCUT2D eigenvalue weighted by Crippen LogP contribution is 2.61. The standard InChI is InChI=1S/C15H21NO/c1-10(9-16)14(17)8-15-5-11-2-12(6-15)4-13(3-11)7-15/h10-13H,2-8H2,1H3. The van der Waals surface area contributed by atoms with Crippen molar-refractivity contribution in [1.82, 2.24) is 0 Å². The van der Waals surface area contributed by atoms with Crippen molar-refractivity contribution in [3.8, 4) is 6.07 Å². The lowest BCUT2D eigenvalue weighted by atomic mass is 9.48. The number of carbonyl (C=O) groups excluding carboxylic acids is 1. The fourth-order valence-corrected chi connectivity index (χ4v) is 5.10. The number of hydrogen-bond donors (Lipinski definition) is 0. The monoisotopic (exact) mass is 231 g/mol. The molecule has 0 saturated heterocycles. The van der Waals surface area contributed by atoms with Crippen molar-refractivity contribution in [2.45, 2.75) is 51.9 Å². The summed E-state index contributed by atoms with van der Waals surface area (Å²) in [7, 11) is 0. The lowest BCUT2D eigenvalue weighted by Crippen LogP contribution is -2.47. The molecule has 0 aromatic rings. The van der Waals surface area contributed by atoms with Gasteiger partial charge in [0.25, 0.3) is 0 Å². The summed E-state index contributed by atoms with van der Waals surface area (Å²) in [6.07, 6.45) is 8.74. The van der Waals surface area contributed by atoms with Crippen molar-refractivity contribution in [2.75, 3.05) is 0 Å². The van der Waals surface area contributed by atoms with Crippen molar-refractivity contribution < 1.29 is 4.79 Å². The van der Waals surface area contributed by atoms with E-state index in [9.17, 15) is 4.79 Å². The summed E-state index contributed by atoms with van der Waals surface area (Å²) in [6.45, 7) is 1.75. The molecule has 2 heteroatoms. The Labute approximate surface area is 103 Å². The predicted octanol–water partition coefficient (Wildman–Crippen LogP) is 3.32. The van der Waals surface area contributed by atoms with Gasteiger partial charge in [0.15, 0.2) is 0 Å². The van der Waals surface area contributed by atoms with Crippen LogP contribution in [-0.2, 0) is 4.79 Å². The van der Waals surface area contributed by atoms with Gasteiger partial charge in [-0.3, -0.25) is 4.79 Å². The quantitative estimate of drug-likeness (QED) is 0.747. The van der Waals surface area contributed by atoms with E-state index in [1.54, 1.807) is 6.92 Å². The van der Waals surface area contributed by atoms with E-state index < -0.39 is 5.92 Å². The molecule has 4 aliphatic rings. The Morgan fingerprint density at radius 3 is 2.12 bits per heavy atom. The molecule has 4 bridgehead atoms. The topological polar surface area (TPSA) is 40.9 Å².